The van der Waals surface area contributed by atoms with Gasteiger partial charge < -0.3 is 19.9 Å². The van der Waals surface area contributed by atoms with Crippen molar-refractivity contribution >= 4 is 29.3 Å². The molecule has 0 aromatic heterocycles. The van der Waals surface area contributed by atoms with Crippen LogP contribution in [-0.2, 0) is 9.53 Å². The lowest BCUT2D eigenvalue weighted by molar-refractivity contribution is -0.145. The van der Waals surface area contributed by atoms with Gasteiger partial charge in [0.25, 0.3) is 0 Å². The molecule has 0 atom stereocenters. The van der Waals surface area contributed by atoms with Gasteiger partial charge >= 0.3 is 5.97 Å². The SMILES string of the molecule is CCOC(=O)COc1cc(/C=C(/C#N)C(N)=S)ccc1OC. The summed E-state index contributed by atoms with van der Waals surface area (Å²) in [5.41, 5.74) is 6.26. The lowest BCUT2D eigenvalue weighted by atomic mass is 10.1. The van der Waals surface area contributed by atoms with E-state index in [1.165, 1.54) is 13.2 Å². The van der Waals surface area contributed by atoms with Crippen molar-refractivity contribution in [1.29, 1.82) is 5.26 Å². The van der Waals surface area contributed by atoms with Crippen molar-refractivity contribution in [2.75, 3.05) is 20.3 Å². The van der Waals surface area contributed by atoms with E-state index in [4.69, 9.17) is 37.4 Å². The highest BCUT2D eigenvalue weighted by Crippen LogP contribution is 2.29. The Morgan fingerprint density at radius 1 is 1.45 bits per heavy atom. The van der Waals surface area contributed by atoms with Crippen LogP contribution in [-0.4, -0.2) is 31.3 Å². The van der Waals surface area contributed by atoms with Gasteiger partial charge in [-0.3, -0.25) is 0 Å². The summed E-state index contributed by atoms with van der Waals surface area (Å²) in [4.78, 5) is 11.3. The number of benzene rings is 1. The van der Waals surface area contributed by atoms with E-state index >= 15 is 0 Å². The molecule has 1 aromatic carbocycles. The summed E-state index contributed by atoms with van der Waals surface area (Å²) >= 11 is 4.78. The summed E-state index contributed by atoms with van der Waals surface area (Å²) in [6.07, 6.45) is 1.53. The number of carbonyl (C=O) groups excluding carboxylic acids is 1. The van der Waals surface area contributed by atoms with Crippen molar-refractivity contribution < 1.29 is 19.0 Å². The van der Waals surface area contributed by atoms with E-state index in [9.17, 15) is 4.79 Å². The van der Waals surface area contributed by atoms with Gasteiger partial charge in [-0.1, -0.05) is 18.3 Å². The zero-order chi connectivity index (χ0) is 16.5. The molecule has 0 aliphatic heterocycles. The Labute approximate surface area is 134 Å². The summed E-state index contributed by atoms with van der Waals surface area (Å²) in [6, 6.07) is 6.90. The van der Waals surface area contributed by atoms with Crippen molar-refractivity contribution in [3.05, 3.63) is 29.3 Å². The summed E-state index contributed by atoms with van der Waals surface area (Å²) in [5.74, 6) is 0.325. The maximum absolute atomic E-state index is 11.3. The van der Waals surface area contributed by atoms with Crippen LogP contribution < -0.4 is 15.2 Å². The zero-order valence-corrected chi connectivity index (χ0v) is 13.1. The fraction of sp³-hybridized carbons (Fsp3) is 0.267. The number of hydrogen-bond donors (Lipinski definition) is 1. The third-order valence-electron chi connectivity index (χ3n) is 2.54. The van der Waals surface area contributed by atoms with Crippen LogP contribution in [0.25, 0.3) is 6.08 Å². The fourth-order valence-electron chi connectivity index (χ4n) is 1.56. The number of methoxy groups -OCH3 is 1. The van der Waals surface area contributed by atoms with Crippen LogP contribution in [0.3, 0.4) is 0 Å². The topological polar surface area (TPSA) is 94.6 Å². The molecule has 0 spiro atoms. The summed E-state index contributed by atoms with van der Waals surface area (Å²) < 4.78 is 15.3. The number of ether oxygens (including phenoxy) is 3. The Hall–Kier alpha value is -2.59. The van der Waals surface area contributed by atoms with Crippen molar-refractivity contribution in [3.63, 3.8) is 0 Å². The minimum Gasteiger partial charge on any atom is -0.493 e. The number of esters is 1. The summed E-state index contributed by atoms with van der Waals surface area (Å²) in [5, 5.41) is 8.96. The van der Waals surface area contributed by atoms with Crippen molar-refractivity contribution in [1.82, 2.24) is 0 Å². The van der Waals surface area contributed by atoms with Gasteiger partial charge in [-0.25, -0.2) is 4.79 Å². The monoisotopic (exact) mass is 320 g/mol. The molecule has 0 bridgehead atoms. The van der Waals surface area contributed by atoms with Crippen molar-refractivity contribution in [3.8, 4) is 17.6 Å². The molecule has 0 saturated carbocycles. The minimum atomic E-state index is -0.480. The van der Waals surface area contributed by atoms with Crippen LogP contribution in [0.5, 0.6) is 11.5 Å². The molecular weight excluding hydrogens is 304 g/mol. The van der Waals surface area contributed by atoms with Crippen LogP contribution >= 0.6 is 12.2 Å². The average Bonchev–Trinajstić information content (AvgIpc) is 2.50. The van der Waals surface area contributed by atoms with Crippen LogP contribution in [0.4, 0.5) is 0 Å². The van der Waals surface area contributed by atoms with Gasteiger partial charge in [0, 0.05) is 0 Å². The largest absolute Gasteiger partial charge is 0.493 e. The molecular formula is C15H16N2O4S. The van der Waals surface area contributed by atoms with Gasteiger partial charge in [0.05, 0.1) is 19.3 Å². The number of nitrogens with two attached hydrogens (primary N) is 1. The number of nitriles is 1. The maximum Gasteiger partial charge on any atom is 0.344 e. The number of thiocarbonyl (C=S) groups is 1. The van der Waals surface area contributed by atoms with E-state index in [2.05, 4.69) is 0 Å². The molecule has 0 aliphatic carbocycles. The maximum atomic E-state index is 11.3. The lowest BCUT2D eigenvalue weighted by Gasteiger charge is -2.11. The summed E-state index contributed by atoms with van der Waals surface area (Å²) in [7, 11) is 1.48. The fourth-order valence-corrected chi connectivity index (χ4v) is 1.66. The highest BCUT2D eigenvalue weighted by Gasteiger charge is 2.09. The average molecular weight is 320 g/mol. The second-order valence-electron chi connectivity index (χ2n) is 4.04. The Morgan fingerprint density at radius 2 is 2.18 bits per heavy atom. The molecule has 116 valence electrons. The number of nitrogens with zero attached hydrogens (tertiary/aromatic N) is 1. The predicted octanol–water partition coefficient (Wildman–Crippen LogP) is 1.83. The Bertz CT molecular complexity index is 635. The summed E-state index contributed by atoms with van der Waals surface area (Å²) in [6.45, 7) is 1.75. The highest BCUT2D eigenvalue weighted by molar-refractivity contribution is 7.80. The van der Waals surface area contributed by atoms with Gasteiger partial charge in [0.15, 0.2) is 18.1 Å². The molecule has 7 heteroatoms. The lowest BCUT2D eigenvalue weighted by Crippen LogP contribution is -2.15. The van der Waals surface area contributed by atoms with Gasteiger partial charge in [0.2, 0.25) is 0 Å². The van der Waals surface area contributed by atoms with Crippen LogP contribution in [0.2, 0.25) is 0 Å². The van der Waals surface area contributed by atoms with Gasteiger partial charge in [-0.15, -0.1) is 0 Å². The Balaban J connectivity index is 3.01. The van der Waals surface area contributed by atoms with Gasteiger partial charge in [-0.05, 0) is 30.7 Å². The predicted molar refractivity (Wildman–Crippen MR) is 85.5 cm³/mol. The molecule has 0 fully saturated rings. The Morgan fingerprint density at radius 3 is 2.73 bits per heavy atom. The molecule has 0 amide bonds. The van der Waals surface area contributed by atoms with Crippen LogP contribution in [0, 0.1) is 11.3 Å². The van der Waals surface area contributed by atoms with Crippen molar-refractivity contribution in [2.45, 2.75) is 6.92 Å². The second-order valence-corrected chi connectivity index (χ2v) is 4.48. The first kappa shape index (κ1) is 17.5. The van der Waals surface area contributed by atoms with E-state index < -0.39 is 5.97 Å². The third-order valence-corrected chi connectivity index (χ3v) is 2.76. The van der Waals surface area contributed by atoms with E-state index in [1.807, 2.05) is 6.07 Å². The number of hydrogen-bond acceptors (Lipinski definition) is 6. The van der Waals surface area contributed by atoms with Gasteiger partial charge in [0.1, 0.15) is 11.1 Å². The van der Waals surface area contributed by atoms with Gasteiger partial charge in [-0.2, -0.15) is 5.26 Å². The first-order chi connectivity index (χ1) is 10.5. The first-order valence-corrected chi connectivity index (χ1v) is 6.80. The molecule has 1 rings (SSSR count). The molecule has 0 unspecified atom stereocenters. The number of carbonyl (C=O) groups is 1. The van der Waals surface area contributed by atoms with E-state index in [0.717, 1.165) is 0 Å². The molecule has 0 aliphatic rings. The molecule has 6 nitrogen and oxygen atoms in total. The Kier molecular flexibility index (Phi) is 6.86. The molecule has 1 aromatic rings. The second kappa shape index (κ2) is 8.64. The molecule has 2 N–H and O–H groups in total. The normalized spacial score (nSPS) is 10.5. The van der Waals surface area contributed by atoms with Crippen LogP contribution in [0.1, 0.15) is 12.5 Å². The van der Waals surface area contributed by atoms with E-state index in [-0.39, 0.29) is 23.8 Å². The smallest absolute Gasteiger partial charge is 0.344 e. The van der Waals surface area contributed by atoms with Crippen LogP contribution in [0.15, 0.2) is 23.8 Å². The van der Waals surface area contributed by atoms with E-state index in [0.29, 0.717) is 17.1 Å². The first-order valence-electron chi connectivity index (χ1n) is 6.39. The van der Waals surface area contributed by atoms with Crippen molar-refractivity contribution in [2.24, 2.45) is 5.73 Å². The highest BCUT2D eigenvalue weighted by atomic mass is 32.1. The third kappa shape index (κ3) is 5.07. The molecule has 0 heterocycles. The minimum absolute atomic E-state index is 0.00677. The van der Waals surface area contributed by atoms with E-state index in [1.54, 1.807) is 25.1 Å². The standard InChI is InChI=1S/C15H16N2O4S/c1-3-20-14(18)9-21-13-7-10(4-5-12(13)19-2)6-11(8-16)15(17)22/h4-7H,3,9H2,1-2H3,(H2,17,22)/b11-6-. The number of rotatable bonds is 7. The molecule has 0 radical (unpaired) electrons. The quantitative estimate of drug-likeness (QED) is 0.354. The molecule has 0 saturated heterocycles. The molecule has 22 heavy (non-hydrogen) atoms. The zero-order valence-electron chi connectivity index (χ0n) is 12.3.